The summed E-state index contributed by atoms with van der Waals surface area (Å²) in [5.41, 5.74) is 0.577. The van der Waals surface area contributed by atoms with Gasteiger partial charge in [0.05, 0.1) is 0 Å². The van der Waals surface area contributed by atoms with Crippen molar-refractivity contribution in [3.05, 3.63) is 11.6 Å². The minimum absolute atomic E-state index is 0.577. The normalized spacial score (nSPS) is 26.3. The topological polar surface area (TPSA) is 43.2 Å². The van der Waals surface area contributed by atoms with Gasteiger partial charge in [0.1, 0.15) is 11.6 Å². The summed E-state index contributed by atoms with van der Waals surface area (Å²) in [5, 5.41) is 8.99. The van der Waals surface area contributed by atoms with E-state index in [-0.39, 0.29) is 0 Å². The van der Waals surface area contributed by atoms with Crippen LogP contribution >= 0.6 is 0 Å². The molecule has 5 heteroatoms. The fourth-order valence-electron chi connectivity index (χ4n) is 5.11. The summed E-state index contributed by atoms with van der Waals surface area (Å²) in [6.07, 6.45) is 11.8. The maximum Gasteiger partial charge on any atom is 0.137 e. The molecule has 134 valence electrons. The van der Waals surface area contributed by atoms with Crippen molar-refractivity contribution in [1.82, 2.24) is 19.7 Å². The smallest absolute Gasteiger partial charge is 0.137 e. The number of ether oxygens (including phenoxy) is 1. The van der Waals surface area contributed by atoms with Gasteiger partial charge in [0.25, 0.3) is 0 Å². The summed E-state index contributed by atoms with van der Waals surface area (Å²) in [4.78, 5) is 2.73. The van der Waals surface area contributed by atoms with Gasteiger partial charge in [-0.2, -0.15) is 0 Å². The van der Waals surface area contributed by atoms with Gasteiger partial charge in [0, 0.05) is 45.7 Å². The molecule has 2 fully saturated rings. The predicted molar refractivity (Wildman–Crippen MR) is 94.2 cm³/mol. The van der Waals surface area contributed by atoms with Gasteiger partial charge >= 0.3 is 0 Å². The van der Waals surface area contributed by atoms with Crippen molar-refractivity contribution >= 4 is 0 Å². The quantitative estimate of drug-likeness (QED) is 0.720. The molecule has 0 amide bonds. The molecule has 1 unspecified atom stereocenters. The summed E-state index contributed by atoms with van der Waals surface area (Å²) < 4.78 is 7.68. The van der Waals surface area contributed by atoms with E-state index in [9.17, 15) is 0 Å². The number of aromatic nitrogens is 3. The Morgan fingerprint density at radius 3 is 2.88 bits per heavy atom. The zero-order valence-electron chi connectivity index (χ0n) is 15.2. The third-order valence-corrected chi connectivity index (χ3v) is 6.54. The maximum absolute atomic E-state index is 5.27. The van der Waals surface area contributed by atoms with E-state index in [1.807, 2.05) is 7.11 Å². The second kappa shape index (κ2) is 7.12. The molecule has 0 radical (unpaired) electrons. The van der Waals surface area contributed by atoms with Crippen LogP contribution in [-0.4, -0.2) is 53.0 Å². The van der Waals surface area contributed by atoms with E-state index >= 15 is 0 Å². The van der Waals surface area contributed by atoms with E-state index in [2.05, 4.69) is 19.7 Å². The van der Waals surface area contributed by atoms with Crippen molar-refractivity contribution in [2.45, 2.75) is 70.3 Å². The van der Waals surface area contributed by atoms with Gasteiger partial charge in [0.2, 0.25) is 0 Å². The van der Waals surface area contributed by atoms with Crippen LogP contribution in [0.5, 0.6) is 0 Å². The summed E-state index contributed by atoms with van der Waals surface area (Å²) in [7, 11) is 1.82. The maximum atomic E-state index is 5.27. The van der Waals surface area contributed by atoms with E-state index in [4.69, 9.17) is 4.74 Å². The Morgan fingerprint density at radius 2 is 2.08 bits per heavy atom. The molecule has 1 saturated heterocycles. The van der Waals surface area contributed by atoms with Crippen LogP contribution in [0.15, 0.2) is 0 Å². The molecular weight excluding hydrogens is 300 g/mol. The van der Waals surface area contributed by atoms with Crippen molar-refractivity contribution in [3.8, 4) is 0 Å². The Morgan fingerprint density at radius 1 is 1.17 bits per heavy atom. The largest absolute Gasteiger partial charge is 0.385 e. The number of likely N-dealkylation sites (tertiary alicyclic amines) is 1. The Balaban J connectivity index is 1.38. The molecule has 0 spiro atoms. The lowest BCUT2D eigenvalue weighted by atomic mass is 9.65. The van der Waals surface area contributed by atoms with Crippen LogP contribution in [0.2, 0.25) is 0 Å². The van der Waals surface area contributed by atoms with Gasteiger partial charge in [-0.3, -0.25) is 0 Å². The molecule has 1 aromatic heterocycles. The number of hydrogen-bond acceptors (Lipinski definition) is 4. The number of aryl methyl sites for hydroxylation is 1. The zero-order valence-corrected chi connectivity index (χ0v) is 15.2. The zero-order chi connectivity index (χ0) is 16.4. The molecule has 4 rings (SSSR count). The SMILES string of the molecule is COCCCC1(CN2CCCC(c3nnc4n3CCC4)C2)CCC1. The second-order valence-corrected chi connectivity index (χ2v) is 8.25. The highest BCUT2D eigenvalue weighted by atomic mass is 16.5. The van der Waals surface area contributed by atoms with Crippen LogP contribution in [0.4, 0.5) is 0 Å². The first kappa shape index (κ1) is 16.5. The molecule has 3 aliphatic rings. The van der Waals surface area contributed by atoms with E-state index < -0.39 is 0 Å². The van der Waals surface area contributed by atoms with E-state index in [0.29, 0.717) is 11.3 Å². The fourth-order valence-corrected chi connectivity index (χ4v) is 5.11. The van der Waals surface area contributed by atoms with Crippen molar-refractivity contribution in [1.29, 1.82) is 0 Å². The number of rotatable bonds is 7. The third-order valence-electron chi connectivity index (χ3n) is 6.54. The molecule has 1 saturated carbocycles. The summed E-state index contributed by atoms with van der Waals surface area (Å²) in [5.74, 6) is 3.08. The van der Waals surface area contributed by atoms with Crippen molar-refractivity contribution < 1.29 is 4.74 Å². The number of fused-ring (bicyclic) bond motifs is 1. The van der Waals surface area contributed by atoms with Crippen LogP contribution in [0.25, 0.3) is 0 Å². The number of hydrogen-bond donors (Lipinski definition) is 0. The Kier molecular flexibility index (Phi) is 4.90. The lowest BCUT2D eigenvalue weighted by Gasteiger charge is -2.47. The third kappa shape index (κ3) is 3.25. The number of methoxy groups -OCH3 is 1. The summed E-state index contributed by atoms with van der Waals surface area (Å²) in [6.45, 7) is 5.78. The summed E-state index contributed by atoms with van der Waals surface area (Å²) in [6, 6.07) is 0. The summed E-state index contributed by atoms with van der Waals surface area (Å²) >= 11 is 0. The fraction of sp³-hybridized carbons (Fsp3) is 0.895. The average molecular weight is 332 g/mol. The van der Waals surface area contributed by atoms with Crippen LogP contribution in [-0.2, 0) is 17.7 Å². The minimum Gasteiger partial charge on any atom is -0.385 e. The molecule has 0 aromatic carbocycles. The van der Waals surface area contributed by atoms with Gasteiger partial charge in [-0.25, -0.2) is 0 Å². The highest BCUT2D eigenvalue weighted by Crippen LogP contribution is 2.46. The molecule has 5 nitrogen and oxygen atoms in total. The Bertz CT molecular complexity index is 552. The first-order valence-corrected chi connectivity index (χ1v) is 9.93. The lowest BCUT2D eigenvalue weighted by Crippen LogP contribution is -2.46. The first-order chi connectivity index (χ1) is 11.8. The highest BCUT2D eigenvalue weighted by Gasteiger charge is 2.39. The standard InChI is InChI=1S/C19H32N4O/c1-24-13-5-10-19(8-4-9-19)15-22-11-2-6-16(14-22)18-21-20-17-7-3-12-23(17)18/h16H,2-15H2,1H3. The Hall–Kier alpha value is -0.940. The molecule has 2 aliphatic heterocycles. The van der Waals surface area contributed by atoms with Crippen LogP contribution < -0.4 is 0 Å². The molecule has 3 heterocycles. The van der Waals surface area contributed by atoms with Crippen LogP contribution in [0, 0.1) is 5.41 Å². The van der Waals surface area contributed by atoms with E-state index in [1.165, 1.54) is 82.6 Å². The molecule has 0 N–H and O–H groups in total. The van der Waals surface area contributed by atoms with Gasteiger partial charge < -0.3 is 14.2 Å². The van der Waals surface area contributed by atoms with E-state index in [0.717, 1.165) is 19.6 Å². The van der Waals surface area contributed by atoms with Crippen molar-refractivity contribution in [3.63, 3.8) is 0 Å². The molecule has 1 aromatic rings. The average Bonchev–Trinajstić information content (AvgIpc) is 3.16. The predicted octanol–water partition coefficient (Wildman–Crippen LogP) is 3.00. The number of nitrogens with zero attached hydrogens (tertiary/aromatic N) is 4. The van der Waals surface area contributed by atoms with Gasteiger partial charge in [0.15, 0.2) is 0 Å². The van der Waals surface area contributed by atoms with Gasteiger partial charge in [-0.05, 0) is 56.9 Å². The van der Waals surface area contributed by atoms with Crippen LogP contribution in [0.1, 0.15) is 68.9 Å². The molecule has 1 aliphatic carbocycles. The van der Waals surface area contributed by atoms with Crippen LogP contribution in [0.3, 0.4) is 0 Å². The number of piperidine rings is 1. The Labute approximate surface area is 145 Å². The first-order valence-electron chi connectivity index (χ1n) is 9.93. The second-order valence-electron chi connectivity index (χ2n) is 8.25. The minimum atomic E-state index is 0.577. The van der Waals surface area contributed by atoms with Crippen molar-refractivity contribution in [2.75, 3.05) is 33.4 Å². The highest BCUT2D eigenvalue weighted by molar-refractivity contribution is 5.07. The van der Waals surface area contributed by atoms with E-state index in [1.54, 1.807) is 0 Å². The van der Waals surface area contributed by atoms with Gasteiger partial charge in [-0.15, -0.1) is 10.2 Å². The van der Waals surface area contributed by atoms with Gasteiger partial charge in [-0.1, -0.05) is 6.42 Å². The molecule has 0 bridgehead atoms. The van der Waals surface area contributed by atoms with Crippen molar-refractivity contribution in [2.24, 2.45) is 5.41 Å². The monoisotopic (exact) mass is 332 g/mol. The molecule has 1 atom stereocenters. The molecular formula is C19H32N4O. The molecule has 24 heavy (non-hydrogen) atoms. The lowest BCUT2D eigenvalue weighted by molar-refractivity contribution is 0.0352.